The summed E-state index contributed by atoms with van der Waals surface area (Å²) in [5.41, 5.74) is 2.50. The Morgan fingerprint density at radius 1 is 0.913 bits per heavy atom. The quantitative estimate of drug-likeness (QED) is 0.597. The predicted molar refractivity (Wildman–Crippen MR) is 90.3 cm³/mol. The Morgan fingerprint density at radius 3 is 2.48 bits per heavy atom. The van der Waals surface area contributed by atoms with Crippen LogP contribution >= 0.6 is 11.3 Å². The minimum Gasteiger partial charge on any atom is -0.338 e. The zero-order chi connectivity index (χ0) is 15.6. The fraction of sp³-hybridized carbons (Fsp3) is 0. The molecule has 0 spiro atoms. The number of halogens is 1. The van der Waals surface area contributed by atoms with Crippen molar-refractivity contribution in [2.24, 2.45) is 0 Å². The predicted octanol–water partition coefficient (Wildman–Crippen LogP) is 4.64. The molecule has 4 rings (SSSR count). The van der Waals surface area contributed by atoms with Gasteiger partial charge in [-0.1, -0.05) is 41.7 Å². The van der Waals surface area contributed by atoms with E-state index in [0.29, 0.717) is 11.3 Å². The molecule has 0 saturated heterocycles. The van der Waals surface area contributed by atoms with E-state index in [9.17, 15) is 4.39 Å². The highest BCUT2D eigenvalue weighted by Gasteiger charge is 2.12. The highest BCUT2D eigenvalue weighted by Crippen LogP contribution is 2.32. The van der Waals surface area contributed by atoms with Gasteiger partial charge in [0.15, 0.2) is 5.82 Å². The highest BCUT2D eigenvalue weighted by atomic mass is 32.1. The van der Waals surface area contributed by atoms with E-state index in [0.717, 1.165) is 21.1 Å². The Kier molecular flexibility index (Phi) is 3.44. The van der Waals surface area contributed by atoms with Crippen molar-refractivity contribution in [2.45, 2.75) is 0 Å². The third-order valence-electron chi connectivity index (χ3n) is 3.32. The summed E-state index contributed by atoms with van der Waals surface area (Å²) in [7, 11) is 0. The molecule has 1 N–H and O–H groups in total. The minimum atomic E-state index is -0.275. The lowest BCUT2D eigenvalue weighted by Crippen LogP contribution is -1.95. The lowest BCUT2D eigenvalue weighted by Gasteiger charge is -2.05. The van der Waals surface area contributed by atoms with E-state index in [1.54, 1.807) is 12.1 Å². The van der Waals surface area contributed by atoms with Gasteiger partial charge in [-0.05, 0) is 24.3 Å². The Labute approximate surface area is 135 Å². The van der Waals surface area contributed by atoms with Gasteiger partial charge in [0.25, 0.3) is 0 Å². The van der Waals surface area contributed by atoms with E-state index in [1.807, 2.05) is 30.3 Å². The molecule has 112 valence electrons. The Balaban J connectivity index is 1.75. The molecule has 2 aromatic carbocycles. The van der Waals surface area contributed by atoms with Gasteiger partial charge in [-0.25, -0.2) is 19.3 Å². The zero-order valence-corrected chi connectivity index (χ0v) is 12.7. The molecule has 23 heavy (non-hydrogen) atoms. The molecule has 2 aromatic heterocycles. The summed E-state index contributed by atoms with van der Waals surface area (Å²) in [6.07, 6.45) is 1.50. The van der Waals surface area contributed by atoms with Gasteiger partial charge in [0.1, 0.15) is 27.5 Å². The Morgan fingerprint density at radius 2 is 1.70 bits per heavy atom. The largest absolute Gasteiger partial charge is 0.338 e. The van der Waals surface area contributed by atoms with Crippen LogP contribution in [0.1, 0.15) is 0 Å². The van der Waals surface area contributed by atoms with Gasteiger partial charge < -0.3 is 5.32 Å². The van der Waals surface area contributed by atoms with Gasteiger partial charge >= 0.3 is 0 Å². The van der Waals surface area contributed by atoms with E-state index in [1.165, 1.54) is 29.8 Å². The van der Waals surface area contributed by atoms with E-state index < -0.39 is 0 Å². The van der Waals surface area contributed by atoms with E-state index in [2.05, 4.69) is 20.3 Å². The number of aromatic nitrogens is 3. The van der Waals surface area contributed by atoms with Crippen molar-refractivity contribution in [3.63, 3.8) is 0 Å². The Hall–Kier alpha value is -2.86. The number of benzene rings is 2. The number of nitrogens with one attached hydrogen (secondary N) is 1. The molecule has 0 radical (unpaired) electrons. The third-order valence-corrected chi connectivity index (χ3v) is 4.34. The topological polar surface area (TPSA) is 50.7 Å². The summed E-state index contributed by atoms with van der Waals surface area (Å²) in [5, 5.41) is 4.06. The maximum absolute atomic E-state index is 13.0. The zero-order valence-electron chi connectivity index (χ0n) is 11.9. The number of anilines is 2. The van der Waals surface area contributed by atoms with Gasteiger partial charge in [-0.15, -0.1) is 0 Å². The number of fused-ring (bicyclic) bond motifs is 1. The molecule has 0 fully saturated rings. The first-order valence-corrected chi connectivity index (χ1v) is 7.81. The monoisotopic (exact) mass is 322 g/mol. The molecule has 2 heterocycles. The number of hydrogen-bond donors (Lipinski definition) is 1. The second-order valence-electron chi connectivity index (χ2n) is 4.89. The summed E-state index contributed by atoms with van der Waals surface area (Å²) in [5.74, 6) is 0.337. The lowest BCUT2D eigenvalue weighted by atomic mass is 10.2. The molecule has 4 aromatic rings. The van der Waals surface area contributed by atoms with Gasteiger partial charge in [0, 0.05) is 11.3 Å². The average Bonchev–Trinajstić information content (AvgIpc) is 3.03. The molecule has 6 heteroatoms. The van der Waals surface area contributed by atoms with Gasteiger partial charge in [-0.3, -0.25) is 0 Å². The SMILES string of the molecule is Fc1ccc(Nc2ncnc3sc(-c4ccccc4)nc23)cc1. The molecule has 0 aliphatic heterocycles. The number of thiazole rings is 1. The van der Waals surface area contributed by atoms with Crippen molar-refractivity contribution in [1.82, 2.24) is 15.0 Å². The normalized spacial score (nSPS) is 10.8. The van der Waals surface area contributed by atoms with Crippen LogP contribution in [0.3, 0.4) is 0 Å². The van der Waals surface area contributed by atoms with Crippen LogP contribution in [0.15, 0.2) is 60.9 Å². The van der Waals surface area contributed by atoms with Crippen molar-refractivity contribution < 1.29 is 4.39 Å². The van der Waals surface area contributed by atoms with Gasteiger partial charge in [0.05, 0.1) is 0 Å². The molecular formula is C17H11FN4S. The standard InChI is InChI=1S/C17H11FN4S/c18-12-6-8-13(9-7-12)21-15-14-17(20-10-19-15)23-16(22-14)11-4-2-1-3-5-11/h1-10H,(H,19,20,21). The molecule has 0 unspecified atom stereocenters. The van der Waals surface area contributed by atoms with E-state index >= 15 is 0 Å². The second kappa shape index (κ2) is 5.73. The summed E-state index contributed by atoms with van der Waals surface area (Å²) >= 11 is 1.52. The van der Waals surface area contributed by atoms with Crippen LogP contribution in [0.25, 0.3) is 20.9 Å². The first-order chi connectivity index (χ1) is 11.3. The Bertz CT molecular complexity index is 951. The van der Waals surface area contributed by atoms with E-state index in [-0.39, 0.29) is 5.82 Å². The molecule has 4 nitrogen and oxygen atoms in total. The molecule has 0 saturated carbocycles. The highest BCUT2D eigenvalue weighted by molar-refractivity contribution is 7.21. The van der Waals surface area contributed by atoms with Crippen LogP contribution in [0.2, 0.25) is 0 Å². The summed E-state index contributed by atoms with van der Waals surface area (Å²) in [6.45, 7) is 0. The molecule has 0 aliphatic carbocycles. The summed E-state index contributed by atoms with van der Waals surface area (Å²) < 4.78 is 13.0. The first-order valence-electron chi connectivity index (χ1n) is 6.99. The molecule has 0 bridgehead atoms. The van der Waals surface area contributed by atoms with Crippen LogP contribution in [-0.4, -0.2) is 15.0 Å². The number of hydrogen-bond acceptors (Lipinski definition) is 5. The van der Waals surface area contributed by atoms with Crippen LogP contribution in [0.4, 0.5) is 15.9 Å². The van der Waals surface area contributed by atoms with Gasteiger partial charge in [0.2, 0.25) is 0 Å². The lowest BCUT2D eigenvalue weighted by molar-refractivity contribution is 0.628. The fourth-order valence-corrected chi connectivity index (χ4v) is 3.13. The minimum absolute atomic E-state index is 0.275. The maximum atomic E-state index is 13.0. The molecule has 0 amide bonds. The second-order valence-corrected chi connectivity index (χ2v) is 5.87. The number of rotatable bonds is 3. The van der Waals surface area contributed by atoms with Crippen molar-refractivity contribution in [2.75, 3.05) is 5.32 Å². The third kappa shape index (κ3) is 2.76. The van der Waals surface area contributed by atoms with Crippen LogP contribution < -0.4 is 5.32 Å². The average molecular weight is 322 g/mol. The van der Waals surface area contributed by atoms with Crippen LogP contribution in [0, 0.1) is 5.82 Å². The van der Waals surface area contributed by atoms with E-state index in [4.69, 9.17) is 0 Å². The maximum Gasteiger partial charge on any atom is 0.161 e. The fourth-order valence-electron chi connectivity index (χ4n) is 2.22. The summed E-state index contributed by atoms with van der Waals surface area (Å²) in [4.78, 5) is 14.0. The smallest absolute Gasteiger partial charge is 0.161 e. The van der Waals surface area contributed by atoms with Crippen molar-refractivity contribution in [3.8, 4) is 10.6 Å². The molecule has 0 atom stereocenters. The number of nitrogens with zero attached hydrogens (tertiary/aromatic N) is 3. The van der Waals surface area contributed by atoms with Crippen LogP contribution in [0.5, 0.6) is 0 Å². The first kappa shape index (κ1) is 13.8. The van der Waals surface area contributed by atoms with Crippen LogP contribution in [-0.2, 0) is 0 Å². The molecule has 0 aliphatic rings. The van der Waals surface area contributed by atoms with Crippen molar-refractivity contribution in [1.29, 1.82) is 0 Å². The molecular weight excluding hydrogens is 311 g/mol. The summed E-state index contributed by atoms with van der Waals surface area (Å²) in [6, 6.07) is 16.1. The van der Waals surface area contributed by atoms with Gasteiger partial charge in [-0.2, -0.15) is 0 Å². The van der Waals surface area contributed by atoms with Crippen molar-refractivity contribution >= 4 is 33.2 Å². The van der Waals surface area contributed by atoms with Crippen molar-refractivity contribution in [3.05, 3.63) is 66.7 Å².